The SMILES string of the molecule is COc1cc(OC)cc(C(=O)N2CCN(C(=O)CN3C(=O)c4ccccc4C3=O)CC2)c1. The first-order chi connectivity index (χ1) is 15.4. The molecule has 4 rings (SSSR count). The van der Waals surface area contributed by atoms with Crippen LogP contribution in [-0.4, -0.2) is 85.3 Å². The van der Waals surface area contributed by atoms with Gasteiger partial charge in [0.05, 0.1) is 25.3 Å². The van der Waals surface area contributed by atoms with Crippen molar-refractivity contribution in [2.75, 3.05) is 46.9 Å². The van der Waals surface area contributed by atoms with Crippen LogP contribution in [0.1, 0.15) is 31.1 Å². The van der Waals surface area contributed by atoms with E-state index >= 15 is 0 Å². The number of fused-ring (bicyclic) bond motifs is 1. The number of carbonyl (C=O) groups excluding carboxylic acids is 4. The number of hydrogen-bond donors (Lipinski definition) is 0. The molecule has 32 heavy (non-hydrogen) atoms. The Balaban J connectivity index is 1.37. The topological polar surface area (TPSA) is 96.5 Å². The largest absolute Gasteiger partial charge is 0.497 e. The van der Waals surface area contributed by atoms with Crippen LogP contribution in [0.4, 0.5) is 0 Å². The van der Waals surface area contributed by atoms with E-state index in [1.54, 1.807) is 52.3 Å². The molecule has 0 radical (unpaired) electrons. The molecular weight excluding hydrogens is 414 g/mol. The lowest BCUT2D eigenvalue weighted by molar-refractivity contribution is -0.132. The number of amides is 4. The number of rotatable bonds is 5. The van der Waals surface area contributed by atoms with Gasteiger partial charge in [0.25, 0.3) is 17.7 Å². The van der Waals surface area contributed by atoms with Gasteiger partial charge in [0.15, 0.2) is 0 Å². The second-order valence-electron chi connectivity index (χ2n) is 7.52. The maximum Gasteiger partial charge on any atom is 0.262 e. The van der Waals surface area contributed by atoms with Crippen molar-refractivity contribution in [1.82, 2.24) is 14.7 Å². The van der Waals surface area contributed by atoms with Crippen molar-refractivity contribution in [2.24, 2.45) is 0 Å². The number of piperazine rings is 1. The predicted molar refractivity (Wildman–Crippen MR) is 114 cm³/mol. The van der Waals surface area contributed by atoms with Gasteiger partial charge < -0.3 is 19.3 Å². The summed E-state index contributed by atoms with van der Waals surface area (Å²) in [7, 11) is 3.03. The fourth-order valence-electron chi connectivity index (χ4n) is 3.89. The first kappa shape index (κ1) is 21.4. The van der Waals surface area contributed by atoms with Gasteiger partial charge in [-0.15, -0.1) is 0 Å². The summed E-state index contributed by atoms with van der Waals surface area (Å²) >= 11 is 0. The Morgan fingerprint density at radius 2 is 1.31 bits per heavy atom. The smallest absolute Gasteiger partial charge is 0.262 e. The molecule has 0 aliphatic carbocycles. The molecule has 0 unspecified atom stereocenters. The number of ether oxygens (including phenoxy) is 2. The number of nitrogens with zero attached hydrogens (tertiary/aromatic N) is 3. The lowest BCUT2D eigenvalue weighted by Crippen LogP contribution is -2.53. The zero-order chi connectivity index (χ0) is 22.8. The fraction of sp³-hybridized carbons (Fsp3) is 0.304. The predicted octanol–water partition coefficient (Wildman–Crippen LogP) is 1.28. The monoisotopic (exact) mass is 437 g/mol. The number of methoxy groups -OCH3 is 2. The van der Waals surface area contributed by atoms with E-state index in [1.165, 1.54) is 14.2 Å². The summed E-state index contributed by atoms with van der Waals surface area (Å²) in [5.41, 5.74) is 1.07. The lowest BCUT2D eigenvalue weighted by Gasteiger charge is -2.35. The summed E-state index contributed by atoms with van der Waals surface area (Å²) in [6.45, 7) is 0.996. The Morgan fingerprint density at radius 3 is 1.81 bits per heavy atom. The molecular formula is C23H23N3O6. The molecule has 1 fully saturated rings. The Labute approximate surface area is 185 Å². The minimum atomic E-state index is -0.459. The van der Waals surface area contributed by atoms with E-state index in [2.05, 4.69) is 0 Å². The molecule has 166 valence electrons. The molecule has 0 saturated carbocycles. The molecule has 9 heteroatoms. The summed E-state index contributed by atoms with van der Waals surface area (Å²) in [6, 6.07) is 11.5. The van der Waals surface area contributed by atoms with Crippen molar-refractivity contribution in [2.45, 2.75) is 0 Å². The van der Waals surface area contributed by atoms with Crippen molar-refractivity contribution in [3.63, 3.8) is 0 Å². The summed E-state index contributed by atoms with van der Waals surface area (Å²) in [5.74, 6) is -0.395. The number of carbonyl (C=O) groups is 4. The van der Waals surface area contributed by atoms with Crippen molar-refractivity contribution in [1.29, 1.82) is 0 Å². The number of imide groups is 1. The maximum absolute atomic E-state index is 12.9. The van der Waals surface area contributed by atoms with Gasteiger partial charge in [-0.05, 0) is 24.3 Å². The van der Waals surface area contributed by atoms with E-state index in [0.29, 0.717) is 54.4 Å². The van der Waals surface area contributed by atoms with Crippen LogP contribution in [0.15, 0.2) is 42.5 Å². The zero-order valence-corrected chi connectivity index (χ0v) is 17.9. The molecule has 0 bridgehead atoms. The van der Waals surface area contributed by atoms with Gasteiger partial charge in [-0.2, -0.15) is 0 Å². The Hall–Kier alpha value is -3.88. The van der Waals surface area contributed by atoms with Crippen LogP contribution in [0, 0.1) is 0 Å². The summed E-state index contributed by atoms with van der Waals surface area (Å²) < 4.78 is 10.4. The van der Waals surface area contributed by atoms with Gasteiger partial charge in [-0.1, -0.05) is 12.1 Å². The van der Waals surface area contributed by atoms with Crippen molar-refractivity contribution in [3.8, 4) is 11.5 Å². The normalized spacial score (nSPS) is 15.6. The third-order valence-electron chi connectivity index (χ3n) is 5.69. The highest BCUT2D eigenvalue weighted by Crippen LogP contribution is 2.24. The molecule has 0 atom stereocenters. The molecule has 2 aliphatic rings. The van der Waals surface area contributed by atoms with Crippen molar-refractivity contribution < 1.29 is 28.7 Å². The molecule has 0 spiro atoms. The third kappa shape index (κ3) is 3.89. The van der Waals surface area contributed by atoms with Crippen LogP contribution >= 0.6 is 0 Å². The second-order valence-corrected chi connectivity index (χ2v) is 7.52. The minimum Gasteiger partial charge on any atom is -0.497 e. The second kappa shape index (κ2) is 8.70. The molecule has 0 aromatic heterocycles. The standard InChI is InChI=1S/C23H23N3O6/c1-31-16-11-15(12-17(13-16)32-2)21(28)25-9-7-24(8-10-25)20(27)14-26-22(29)18-5-3-4-6-19(18)23(26)30/h3-6,11-13H,7-10,14H2,1-2H3. The van der Waals surface area contributed by atoms with Gasteiger partial charge in [-0.25, -0.2) is 0 Å². The van der Waals surface area contributed by atoms with E-state index < -0.39 is 11.8 Å². The van der Waals surface area contributed by atoms with E-state index in [1.807, 2.05) is 0 Å². The van der Waals surface area contributed by atoms with Gasteiger partial charge in [-0.3, -0.25) is 24.1 Å². The van der Waals surface area contributed by atoms with Gasteiger partial charge in [0.1, 0.15) is 18.0 Å². The van der Waals surface area contributed by atoms with Crippen LogP contribution in [0.5, 0.6) is 11.5 Å². The van der Waals surface area contributed by atoms with Gasteiger partial charge in [0.2, 0.25) is 5.91 Å². The average molecular weight is 437 g/mol. The third-order valence-corrected chi connectivity index (χ3v) is 5.69. The van der Waals surface area contributed by atoms with Crippen molar-refractivity contribution >= 4 is 23.6 Å². The van der Waals surface area contributed by atoms with Crippen molar-refractivity contribution in [3.05, 3.63) is 59.2 Å². The van der Waals surface area contributed by atoms with E-state index in [0.717, 1.165) is 4.90 Å². The van der Waals surface area contributed by atoms with Crippen LogP contribution in [0.25, 0.3) is 0 Å². The molecule has 2 aliphatic heterocycles. The number of hydrogen-bond acceptors (Lipinski definition) is 6. The summed E-state index contributed by atoms with van der Waals surface area (Å²) in [4.78, 5) is 54.8. The quantitative estimate of drug-likeness (QED) is 0.654. The molecule has 4 amide bonds. The van der Waals surface area contributed by atoms with Crippen LogP contribution < -0.4 is 9.47 Å². The zero-order valence-electron chi connectivity index (χ0n) is 17.9. The number of benzene rings is 2. The molecule has 2 aromatic rings. The van der Waals surface area contributed by atoms with E-state index in [-0.39, 0.29) is 18.4 Å². The highest BCUT2D eigenvalue weighted by Gasteiger charge is 2.37. The average Bonchev–Trinajstić information content (AvgIpc) is 3.08. The Kier molecular flexibility index (Phi) is 5.81. The molecule has 9 nitrogen and oxygen atoms in total. The minimum absolute atomic E-state index is 0.186. The first-order valence-electron chi connectivity index (χ1n) is 10.2. The molecule has 1 saturated heterocycles. The highest BCUT2D eigenvalue weighted by molar-refractivity contribution is 6.22. The summed E-state index contributed by atoms with van der Waals surface area (Å²) in [6.07, 6.45) is 0. The highest BCUT2D eigenvalue weighted by atomic mass is 16.5. The van der Waals surface area contributed by atoms with Gasteiger partial charge >= 0.3 is 0 Å². The summed E-state index contributed by atoms with van der Waals surface area (Å²) in [5, 5.41) is 0. The van der Waals surface area contributed by atoms with Crippen LogP contribution in [0.2, 0.25) is 0 Å². The fourth-order valence-corrected chi connectivity index (χ4v) is 3.89. The first-order valence-corrected chi connectivity index (χ1v) is 10.2. The van der Waals surface area contributed by atoms with Crippen LogP contribution in [-0.2, 0) is 4.79 Å². The molecule has 2 aromatic carbocycles. The van der Waals surface area contributed by atoms with E-state index in [9.17, 15) is 19.2 Å². The Morgan fingerprint density at radius 1 is 0.812 bits per heavy atom. The lowest BCUT2D eigenvalue weighted by atomic mass is 10.1. The van der Waals surface area contributed by atoms with E-state index in [4.69, 9.17) is 9.47 Å². The molecule has 0 N–H and O–H groups in total. The Bertz CT molecular complexity index is 1030. The molecule has 2 heterocycles. The van der Waals surface area contributed by atoms with Crippen LogP contribution in [0.3, 0.4) is 0 Å². The maximum atomic E-state index is 12.9. The van der Waals surface area contributed by atoms with Gasteiger partial charge in [0, 0.05) is 37.8 Å².